The van der Waals surface area contributed by atoms with E-state index >= 15 is 0 Å². The Morgan fingerprint density at radius 1 is 0.933 bits per heavy atom. The second-order valence-electron chi connectivity index (χ2n) is 6.71. The van der Waals surface area contributed by atoms with Crippen molar-refractivity contribution in [1.82, 2.24) is 0 Å². The van der Waals surface area contributed by atoms with Gasteiger partial charge in [-0.3, -0.25) is 9.10 Å². The predicted molar refractivity (Wildman–Crippen MR) is 124 cm³/mol. The first-order valence-electron chi connectivity index (χ1n) is 9.56. The van der Waals surface area contributed by atoms with E-state index in [1.54, 1.807) is 12.1 Å². The molecule has 0 aliphatic heterocycles. The maximum absolute atomic E-state index is 12.8. The Balaban J connectivity index is 1.82. The average Bonchev–Trinajstić information content (AvgIpc) is 2.73. The van der Waals surface area contributed by atoms with E-state index in [0.29, 0.717) is 17.8 Å². The van der Waals surface area contributed by atoms with Crippen LogP contribution in [0.25, 0.3) is 0 Å². The highest BCUT2D eigenvalue weighted by Gasteiger charge is 2.23. The van der Waals surface area contributed by atoms with Crippen LogP contribution in [0.15, 0.2) is 88.7 Å². The van der Waals surface area contributed by atoms with Gasteiger partial charge in [0, 0.05) is 9.79 Å². The van der Waals surface area contributed by atoms with Crippen LogP contribution in [0.5, 0.6) is 0 Å². The molecule has 3 aromatic rings. The van der Waals surface area contributed by atoms with Gasteiger partial charge in [-0.25, -0.2) is 8.42 Å². The van der Waals surface area contributed by atoms with Crippen molar-refractivity contribution in [1.29, 1.82) is 0 Å². The number of carbonyl (C=O) groups is 1. The van der Waals surface area contributed by atoms with Gasteiger partial charge >= 0.3 is 0 Å². The van der Waals surface area contributed by atoms with E-state index < -0.39 is 15.9 Å². The van der Waals surface area contributed by atoms with Gasteiger partial charge in [-0.1, -0.05) is 67.2 Å². The topological polar surface area (TPSA) is 66.5 Å². The molecule has 3 rings (SSSR count). The lowest BCUT2D eigenvalue weighted by molar-refractivity contribution is -0.114. The van der Waals surface area contributed by atoms with Crippen molar-refractivity contribution in [3.05, 3.63) is 84.4 Å². The molecule has 0 saturated heterocycles. The highest BCUT2D eigenvalue weighted by molar-refractivity contribution is 7.99. The number of hydrogen-bond acceptors (Lipinski definition) is 4. The molecule has 0 bridgehead atoms. The molecule has 0 radical (unpaired) electrons. The zero-order chi connectivity index (χ0) is 21.6. The van der Waals surface area contributed by atoms with Crippen molar-refractivity contribution < 1.29 is 13.2 Å². The second kappa shape index (κ2) is 9.82. The third kappa shape index (κ3) is 5.64. The minimum absolute atomic E-state index is 0.291. The van der Waals surface area contributed by atoms with Crippen molar-refractivity contribution in [2.75, 3.05) is 22.4 Å². The lowest BCUT2D eigenvalue weighted by Gasteiger charge is -2.24. The van der Waals surface area contributed by atoms with Crippen molar-refractivity contribution >= 4 is 39.1 Å². The number of nitrogens with zero attached hydrogens (tertiary/aromatic N) is 1. The Morgan fingerprint density at radius 2 is 1.57 bits per heavy atom. The maximum Gasteiger partial charge on any atom is 0.245 e. The monoisotopic (exact) mass is 440 g/mol. The van der Waals surface area contributed by atoms with Gasteiger partial charge in [0.25, 0.3) is 0 Å². The van der Waals surface area contributed by atoms with Gasteiger partial charge in [-0.15, -0.1) is 0 Å². The number of sulfonamides is 1. The molecule has 5 nitrogen and oxygen atoms in total. The van der Waals surface area contributed by atoms with Crippen molar-refractivity contribution in [2.45, 2.75) is 23.1 Å². The van der Waals surface area contributed by atoms with E-state index in [4.69, 9.17) is 0 Å². The number of carbonyl (C=O) groups excluding carboxylic acids is 1. The summed E-state index contributed by atoms with van der Waals surface area (Å²) in [6.07, 6.45) is 1.78. The third-order valence-corrected chi connectivity index (χ3v) is 6.67. The molecule has 0 saturated carbocycles. The predicted octanol–water partition coefficient (Wildman–Crippen LogP) is 4.80. The number of hydrogen-bond donors (Lipinski definition) is 1. The zero-order valence-electron chi connectivity index (χ0n) is 16.9. The molecule has 0 spiro atoms. The summed E-state index contributed by atoms with van der Waals surface area (Å²) in [7, 11) is -3.63. The Labute approximate surface area is 182 Å². The van der Waals surface area contributed by atoms with Crippen LogP contribution >= 0.6 is 11.8 Å². The minimum atomic E-state index is -3.63. The van der Waals surface area contributed by atoms with E-state index in [0.717, 1.165) is 25.9 Å². The SMILES string of the molecule is CCc1ccccc1N(CC(=O)Nc1ccccc1Sc1ccccc1)S(C)(=O)=O. The first-order chi connectivity index (χ1) is 14.4. The van der Waals surface area contributed by atoms with Crippen LogP contribution < -0.4 is 9.62 Å². The summed E-state index contributed by atoms with van der Waals surface area (Å²) in [6.45, 7) is 1.66. The smallest absolute Gasteiger partial charge is 0.245 e. The number of aryl methyl sites for hydroxylation is 1. The summed E-state index contributed by atoms with van der Waals surface area (Å²) < 4.78 is 26.0. The number of para-hydroxylation sites is 2. The lowest BCUT2D eigenvalue weighted by atomic mass is 10.1. The van der Waals surface area contributed by atoms with Crippen LogP contribution in [0.4, 0.5) is 11.4 Å². The highest BCUT2D eigenvalue weighted by Crippen LogP contribution is 2.33. The molecule has 0 aliphatic carbocycles. The fourth-order valence-electron chi connectivity index (χ4n) is 3.03. The van der Waals surface area contributed by atoms with Crippen LogP contribution in [0.3, 0.4) is 0 Å². The molecule has 0 fully saturated rings. The van der Waals surface area contributed by atoms with Gasteiger partial charge in [0.2, 0.25) is 15.9 Å². The number of benzene rings is 3. The first kappa shape index (κ1) is 21.9. The molecule has 7 heteroatoms. The fraction of sp³-hybridized carbons (Fsp3) is 0.174. The molecule has 0 aromatic heterocycles. The van der Waals surface area contributed by atoms with Crippen LogP contribution in [0.1, 0.15) is 12.5 Å². The molecule has 1 N–H and O–H groups in total. The Hall–Kier alpha value is -2.77. The number of rotatable bonds is 8. The summed E-state index contributed by atoms with van der Waals surface area (Å²) in [5.74, 6) is -0.396. The maximum atomic E-state index is 12.8. The molecule has 0 heterocycles. The molecule has 30 heavy (non-hydrogen) atoms. The second-order valence-corrected chi connectivity index (χ2v) is 9.73. The van der Waals surface area contributed by atoms with Crippen molar-refractivity contribution in [3.63, 3.8) is 0 Å². The van der Waals surface area contributed by atoms with Gasteiger partial charge in [-0.2, -0.15) is 0 Å². The number of amides is 1. The molecule has 1 amide bonds. The molecular weight excluding hydrogens is 416 g/mol. The van der Waals surface area contributed by atoms with Gasteiger partial charge in [0.15, 0.2) is 0 Å². The Morgan fingerprint density at radius 3 is 2.27 bits per heavy atom. The van der Waals surface area contributed by atoms with Crippen LogP contribution in [0.2, 0.25) is 0 Å². The highest BCUT2D eigenvalue weighted by atomic mass is 32.2. The zero-order valence-corrected chi connectivity index (χ0v) is 18.5. The molecular formula is C23H24N2O3S2. The molecule has 0 unspecified atom stereocenters. The van der Waals surface area contributed by atoms with E-state index in [1.807, 2.05) is 73.7 Å². The van der Waals surface area contributed by atoms with E-state index in [2.05, 4.69) is 5.32 Å². The van der Waals surface area contributed by atoms with E-state index in [-0.39, 0.29) is 6.54 Å². The quantitative estimate of drug-likeness (QED) is 0.546. The summed E-state index contributed by atoms with van der Waals surface area (Å²) in [5.41, 5.74) is 2.05. The number of nitrogens with one attached hydrogen (secondary N) is 1. The lowest BCUT2D eigenvalue weighted by Crippen LogP contribution is -2.38. The van der Waals surface area contributed by atoms with Crippen molar-refractivity contribution in [2.24, 2.45) is 0 Å². The Bertz CT molecular complexity index is 1120. The normalized spacial score (nSPS) is 11.1. The van der Waals surface area contributed by atoms with Gasteiger partial charge in [0.05, 0.1) is 17.6 Å². The summed E-state index contributed by atoms with van der Waals surface area (Å²) >= 11 is 1.54. The van der Waals surface area contributed by atoms with Gasteiger partial charge < -0.3 is 5.32 Å². The van der Waals surface area contributed by atoms with Crippen molar-refractivity contribution in [3.8, 4) is 0 Å². The van der Waals surface area contributed by atoms with E-state index in [9.17, 15) is 13.2 Å². The largest absolute Gasteiger partial charge is 0.323 e. The van der Waals surface area contributed by atoms with Crippen LogP contribution in [0, 0.1) is 0 Å². The van der Waals surface area contributed by atoms with Gasteiger partial charge in [-0.05, 0) is 42.3 Å². The standard InChI is InChI=1S/C23H24N2O3S2/c1-3-18-11-7-9-15-21(18)25(30(2,27)28)17-23(26)24-20-14-8-10-16-22(20)29-19-12-5-4-6-13-19/h4-16H,3,17H2,1-2H3,(H,24,26). The summed E-state index contributed by atoms with van der Waals surface area (Å²) in [4.78, 5) is 14.8. The van der Waals surface area contributed by atoms with Gasteiger partial charge in [0.1, 0.15) is 6.54 Å². The van der Waals surface area contributed by atoms with Crippen LogP contribution in [-0.2, 0) is 21.2 Å². The van der Waals surface area contributed by atoms with E-state index in [1.165, 1.54) is 11.8 Å². The summed E-state index contributed by atoms with van der Waals surface area (Å²) in [6, 6.07) is 24.6. The third-order valence-electron chi connectivity index (χ3n) is 4.46. The summed E-state index contributed by atoms with van der Waals surface area (Å²) in [5, 5.41) is 2.87. The Kier molecular flexibility index (Phi) is 7.18. The molecule has 156 valence electrons. The number of anilines is 2. The molecule has 0 aliphatic rings. The molecule has 0 atom stereocenters. The van der Waals surface area contributed by atoms with Crippen LogP contribution in [-0.4, -0.2) is 27.1 Å². The minimum Gasteiger partial charge on any atom is -0.323 e. The first-order valence-corrected chi connectivity index (χ1v) is 12.2. The average molecular weight is 441 g/mol. The molecule has 3 aromatic carbocycles. The fourth-order valence-corrected chi connectivity index (χ4v) is 4.84.